The van der Waals surface area contributed by atoms with Gasteiger partial charge < -0.3 is 19.7 Å². The minimum Gasteiger partial charge on any atom is -0.486 e. The summed E-state index contributed by atoms with van der Waals surface area (Å²) in [6.45, 7) is 7.11. The Bertz CT molecular complexity index is 1580. The van der Waals surface area contributed by atoms with Gasteiger partial charge >= 0.3 is 0 Å². The van der Waals surface area contributed by atoms with Gasteiger partial charge in [0.05, 0.1) is 10.6 Å². The smallest absolute Gasteiger partial charge is 0.264 e. The van der Waals surface area contributed by atoms with Crippen molar-refractivity contribution in [2.24, 2.45) is 0 Å². The Hall–Kier alpha value is -3.83. The number of hydrogen-bond acceptors (Lipinski definition) is 6. The molecule has 0 aliphatic carbocycles. The summed E-state index contributed by atoms with van der Waals surface area (Å²) in [4.78, 5) is 28.8. The van der Waals surface area contributed by atoms with Crippen LogP contribution in [0.15, 0.2) is 71.6 Å². The molecule has 1 atom stereocenters. The number of anilines is 1. The van der Waals surface area contributed by atoms with Crippen molar-refractivity contribution in [3.63, 3.8) is 0 Å². The Balaban J connectivity index is 1.76. The second kappa shape index (κ2) is 13.2. The molecule has 3 aromatic carbocycles. The minimum absolute atomic E-state index is 0.0457. The second-order valence-electron chi connectivity index (χ2n) is 11.1. The summed E-state index contributed by atoms with van der Waals surface area (Å²) in [5.41, 5.74) is 0.0720. The van der Waals surface area contributed by atoms with Crippen molar-refractivity contribution in [3.05, 3.63) is 83.1 Å². The molecule has 0 radical (unpaired) electrons. The van der Waals surface area contributed by atoms with Crippen LogP contribution < -0.4 is 19.1 Å². The molecular weight excluding hydrogens is 597 g/mol. The number of amides is 2. The highest BCUT2D eigenvalue weighted by molar-refractivity contribution is 7.92. The van der Waals surface area contributed by atoms with E-state index in [0.29, 0.717) is 22.9 Å². The molecule has 3 aromatic rings. The zero-order chi connectivity index (χ0) is 31.4. The summed E-state index contributed by atoms with van der Waals surface area (Å²) in [6, 6.07) is 14.9. The van der Waals surface area contributed by atoms with Crippen molar-refractivity contribution in [1.82, 2.24) is 10.2 Å². The molecule has 1 N–H and O–H groups in total. The highest BCUT2D eigenvalue weighted by Crippen LogP contribution is 2.34. The predicted molar refractivity (Wildman–Crippen MR) is 162 cm³/mol. The number of nitrogens with one attached hydrogen (secondary N) is 1. The first kappa shape index (κ1) is 32.1. The molecule has 4 rings (SSSR count). The maximum absolute atomic E-state index is 14.2. The van der Waals surface area contributed by atoms with Gasteiger partial charge in [-0.25, -0.2) is 12.8 Å². The van der Waals surface area contributed by atoms with Crippen molar-refractivity contribution < 1.29 is 31.9 Å². The fraction of sp³-hybridized carbons (Fsp3) is 0.355. The van der Waals surface area contributed by atoms with E-state index in [4.69, 9.17) is 21.1 Å². The summed E-state index contributed by atoms with van der Waals surface area (Å²) in [7, 11) is -4.39. The van der Waals surface area contributed by atoms with Gasteiger partial charge in [0.15, 0.2) is 11.5 Å². The molecule has 1 aliphatic heterocycles. The number of ether oxygens (including phenoxy) is 2. The lowest BCUT2D eigenvalue weighted by Gasteiger charge is -2.35. The summed E-state index contributed by atoms with van der Waals surface area (Å²) >= 11 is 6.43. The average Bonchev–Trinajstić information content (AvgIpc) is 2.96. The zero-order valence-corrected chi connectivity index (χ0v) is 26.0. The van der Waals surface area contributed by atoms with Crippen LogP contribution >= 0.6 is 11.6 Å². The maximum Gasteiger partial charge on any atom is 0.264 e. The third-order valence-corrected chi connectivity index (χ3v) is 8.82. The average molecular weight is 632 g/mol. The van der Waals surface area contributed by atoms with Crippen molar-refractivity contribution in [2.45, 2.75) is 57.1 Å². The molecule has 0 spiro atoms. The van der Waals surface area contributed by atoms with E-state index < -0.39 is 45.8 Å². The van der Waals surface area contributed by atoms with Crippen LogP contribution in [0.4, 0.5) is 10.1 Å². The van der Waals surface area contributed by atoms with Gasteiger partial charge in [-0.2, -0.15) is 0 Å². The van der Waals surface area contributed by atoms with Gasteiger partial charge in [0.25, 0.3) is 10.0 Å². The van der Waals surface area contributed by atoms with Crippen molar-refractivity contribution in [2.75, 3.05) is 24.1 Å². The SMILES string of the molecule is CCC(C(=O)NC(C)(C)C)N(Cc1ccccc1Cl)C(=O)CN(c1ccc(F)cc1)S(=O)(=O)c1ccc2c(c1)OCCO2. The molecule has 0 saturated heterocycles. The van der Waals surface area contributed by atoms with Gasteiger partial charge in [0, 0.05) is 23.2 Å². The maximum atomic E-state index is 14.2. The van der Waals surface area contributed by atoms with Crippen LogP contribution in [0.1, 0.15) is 39.7 Å². The van der Waals surface area contributed by atoms with Crippen LogP contribution in [-0.2, 0) is 26.2 Å². The van der Waals surface area contributed by atoms with Gasteiger partial charge in [-0.05, 0) is 75.2 Å². The minimum atomic E-state index is -4.39. The first-order valence-corrected chi connectivity index (χ1v) is 15.6. The third kappa shape index (κ3) is 7.77. The molecule has 0 saturated carbocycles. The largest absolute Gasteiger partial charge is 0.486 e. The molecule has 12 heteroatoms. The molecule has 43 heavy (non-hydrogen) atoms. The van der Waals surface area contributed by atoms with Crippen molar-refractivity contribution >= 4 is 39.1 Å². The van der Waals surface area contributed by atoms with Gasteiger partial charge in [-0.15, -0.1) is 0 Å². The van der Waals surface area contributed by atoms with Gasteiger partial charge in [0.1, 0.15) is 31.6 Å². The molecular formula is C31H35ClFN3O6S. The summed E-state index contributed by atoms with van der Waals surface area (Å²) in [5.74, 6) is -0.962. The molecule has 2 amide bonds. The lowest BCUT2D eigenvalue weighted by atomic mass is 10.1. The number of carbonyl (C=O) groups is 2. The normalized spacial score (nSPS) is 13.6. The lowest BCUT2D eigenvalue weighted by molar-refractivity contribution is -0.141. The van der Waals surface area contributed by atoms with Crippen LogP contribution in [0.2, 0.25) is 5.02 Å². The van der Waals surface area contributed by atoms with E-state index in [-0.39, 0.29) is 35.9 Å². The van der Waals surface area contributed by atoms with E-state index in [1.807, 2.05) is 20.8 Å². The number of sulfonamides is 1. The fourth-order valence-corrected chi connectivity index (χ4v) is 6.26. The highest BCUT2D eigenvalue weighted by atomic mass is 35.5. The molecule has 0 fully saturated rings. The Morgan fingerprint density at radius 1 is 1.00 bits per heavy atom. The van der Waals surface area contributed by atoms with Crippen LogP contribution in [0.3, 0.4) is 0 Å². The Kier molecular flexibility index (Phi) is 9.86. The second-order valence-corrected chi connectivity index (χ2v) is 13.3. The molecule has 230 valence electrons. The fourth-order valence-electron chi connectivity index (χ4n) is 4.63. The molecule has 1 heterocycles. The van der Waals surface area contributed by atoms with Crippen molar-refractivity contribution in [1.29, 1.82) is 0 Å². The summed E-state index contributed by atoms with van der Waals surface area (Å²) in [5, 5.41) is 3.31. The third-order valence-electron chi connectivity index (χ3n) is 6.68. The Morgan fingerprint density at radius 2 is 1.65 bits per heavy atom. The van der Waals surface area contributed by atoms with Gasteiger partial charge in [-0.3, -0.25) is 13.9 Å². The predicted octanol–water partition coefficient (Wildman–Crippen LogP) is 5.17. The number of hydrogen-bond donors (Lipinski definition) is 1. The van der Waals surface area contributed by atoms with Crippen molar-refractivity contribution in [3.8, 4) is 11.5 Å². The number of nitrogens with zero attached hydrogens (tertiary/aromatic N) is 2. The van der Waals surface area contributed by atoms with Crippen LogP contribution in [0, 0.1) is 5.82 Å². The topological polar surface area (TPSA) is 105 Å². The van der Waals surface area contributed by atoms with E-state index in [9.17, 15) is 22.4 Å². The molecule has 0 aromatic heterocycles. The van der Waals surface area contributed by atoms with E-state index in [1.165, 1.54) is 35.2 Å². The first-order valence-electron chi connectivity index (χ1n) is 13.8. The van der Waals surface area contributed by atoms with Gasteiger partial charge in [-0.1, -0.05) is 36.7 Å². The number of halogens is 2. The Labute approximate surface area is 256 Å². The zero-order valence-electron chi connectivity index (χ0n) is 24.5. The molecule has 0 bridgehead atoms. The molecule has 1 unspecified atom stereocenters. The summed E-state index contributed by atoms with van der Waals surface area (Å²) < 4.78 is 54.1. The van der Waals surface area contributed by atoms with E-state index in [0.717, 1.165) is 16.4 Å². The standard InChI is InChI=1S/C31H35ClFN3O6S/c1-5-26(30(38)34-31(2,3)4)35(19-21-8-6-7-9-25(21)32)29(37)20-36(23-12-10-22(33)11-13-23)43(39,40)24-14-15-27-28(18-24)42-17-16-41-27/h6-15,18,26H,5,16-17,19-20H2,1-4H3,(H,34,38). The number of rotatable bonds is 10. The number of fused-ring (bicyclic) bond motifs is 1. The first-order chi connectivity index (χ1) is 20.3. The monoisotopic (exact) mass is 631 g/mol. The van der Waals surface area contributed by atoms with E-state index >= 15 is 0 Å². The lowest BCUT2D eigenvalue weighted by Crippen LogP contribution is -2.55. The van der Waals surface area contributed by atoms with Gasteiger partial charge in [0.2, 0.25) is 11.8 Å². The number of benzene rings is 3. The molecule has 9 nitrogen and oxygen atoms in total. The van der Waals surface area contributed by atoms with E-state index in [2.05, 4.69) is 5.32 Å². The van der Waals surface area contributed by atoms with E-state index in [1.54, 1.807) is 31.2 Å². The number of carbonyl (C=O) groups excluding carboxylic acids is 2. The Morgan fingerprint density at radius 3 is 2.28 bits per heavy atom. The van der Waals surface area contributed by atoms with Crippen LogP contribution in [-0.4, -0.2) is 56.5 Å². The molecule has 1 aliphatic rings. The highest BCUT2D eigenvalue weighted by Gasteiger charge is 2.35. The van der Waals surface area contributed by atoms with Crippen LogP contribution in [0.5, 0.6) is 11.5 Å². The summed E-state index contributed by atoms with van der Waals surface area (Å²) in [6.07, 6.45) is 0.254. The quantitative estimate of drug-likeness (QED) is 0.331. The van der Waals surface area contributed by atoms with Crippen LogP contribution in [0.25, 0.3) is 0 Å².